The lowest BCUT2D eigenvalue weighted by molar-refractivity contribution is 0.0492. The molecule has 0 unspecified atom stereocenters. The van der Waals surface area contributed by atoms with Crippen LogP contribution >= 0.6 is 0 Å². The minimum Gasteiger partial charge on any atom is -0.298 e. The third kappa shape index (κ3) is 3.61. The molecule has 1 saturated heterocycles. The Bertz CT molecular complexity index is 536. The van der Waals surface area contributed by atoms with Crippen molar-refractivity contribution in [3.8, 4) is 0 Å². The molecule has 6 heteroatoms. The number of piperazine rings is 1. The lowest BCUT2D eigenvalue weighted by Gasteiger charge is -2.42. The highest BCUT2D eigenvalue weighted by Gasteiger charge is 2.35. The summed E-state index contributed by atoms with van der Waals surface area (Å²) in [5, 5.41) is 13.0. The highest BCUT2D eigenvalue weighted by molar-refractivity contribution is 4.99. The van der Waals surface area contributed by atoms with Gasteiger partial charge in [0.25, 0.3) is 0 Å². The minimum absolute atomic E-state index is 0.348. The lowest BCUT2D eigenvalue weighted by atomic mass is 10.00. The van der Waals surface area contributed by atoms with Crippen molar-refractivity contribution in [3.63, 3.8) is 0 Å². The second-order valence-electron chi connectivity index (χ2n) is 8.62. The summed E-state index contributed by atoms with van der Waals surface area (Å²) in [6, 6.07) is 1.72. The Morgan fingerprint density at radius 2 is 1.44 bits per heavy atom. The molecule has 2 saturated carbocycles. The van der Waals surface area contributed by atoms with E-state index in [1.807, 2.05) is 0 Å². The zero-order valence-corrected chi connectivity index (χ0v) is 16.0. The standard InChI is InChI=1S/C19H34N6/c1-15(2)18(19-20-21-22-25(19)17-9-5-6-10-17)24-13-11-23(12-14-24)16-7-3-4-8-16/h15-18H,3-14H2,1-2H3/t18-/m0/s1. The molecule has 1 aromatic heterocycles. The number of aromatic nitrogens is 4. The first-order valence-corrected chi connectivity index (χ1v) is 10.5. The molecule has 1 aliphatic heterocycles. The molecule has 2 heterocycles. The van der Waals surface area contributed by atoms with E-state index in [4.69, 9.17) is 0 Å². The second-order valence-corrected chi connectivity index (χ2v) is 8.62. The Morgan fingerprint density at radius 3 is 2.04 bits per heavy atom. The topological polar surface area (TPSA) is 50.1 Å². The van der Waals surface area contributed by atoms with E-state index >= 15 is 0 Å². The number of hydrogen-bond donors (Lipinski definition) is 0. The van der Waals surface area contributed by atoms with Crippen LogP contribution in [0.2, 0.25) is 0 Å². The fourth-order valence-electron chi connectivity index (χ4n) is 5.34. The molecule has 6 nitrogen and oxygen atoms in total. The van der Waals surface area contributed by atoms with E-state index in [0.29, 0.717) is 18.0 Å². The SMILES string of the molecule is CC(C)[C@@H](c1nnnn1C1CCCC1)N1CCN(C2CCCC2)CC1. The average Bonchev–Trinajstić information content (AvgIpc) is 3.37. The molecule has 1 atom stereocenters. The van der Waals surface area contributed by atoms with Crippen LogP contribution in [0.3, 0.4) is 0 Å². The van der Waals surface area contributed by atoms with Crippen molar-refractivity contribution in [1.82, 2.24) is 30.0 Å². The third-order valence-corrected chi connectivity index (χ3v) is 6.67. The Hall–Kier alpha value is -1.01. The van der Waals surface area contributed by atoms with Crippen LogP contribution in [0.4, 0.5) is 0 Å². The first kappa shape index (κ1) is 17.4. The quantitative estimate of drug-likeness (QED) is 0.820. The summed E-state index contributed by atoms with van der Waals surface area (Å²) < 4.78 is 2.17. The summed E-state index contributed by atoms with van der Waals surface area (Å²) in [6.45, 7) is 9.36. The normalized spacial score (nSPS) is 26.0. The van der Waals surface area contributed by atoms with Gasteiger partial charge in [0.05, 0.1) is 12.1 Å². The second kappa shape index (κ2) is 7.70. The lowest BCUT2D eigenvalue weighted by Crippen LogP contribution is -2.51. The number of tetrazole rings is 1. The van der Waals surface area contributed by atoms with Gasteiger partial charge in [0.1, 0.15) is 0 Å². The van der Waals surface area contributed by atoms with Crippen molar-refractivity contribution in [2.45, 2.75) is 83.3 Å². The molecule has 0 aromatic carbocycles. The van der Waals surface area contributed by atoms with Gasteiger partial charge in [0.2, 0.25) is 0 Å². The van der Waals surface area contributed by atoms with Crippen molar-refractivity contribution >= 4 is 0 Å². The molecular formula is C19H34N6. The van der Waals surface area contributed by atoms with Gasteiger partial charge < -0.3 is 0 Å². The summed E-state index contributed by atoms with van der Waals surface area (Å²) in [7, 11) is 0. The van der Waals surface area contributed by atoms with Crippen LogP contribution in [-0.4, -0.2) is 62.2 Å². The molecule has 0 bridgehead atoms. The number of hydrogen-bond acceptors (Lipinski definition) is 5. The highest BCUT2D eigenvalue weighted by Crippen LogP contribution is 2.34. The Kier molecular flexibility index (Phi) is 5.36. The Balaban J connectivity index is 1.46. The first-order chi connectivity index (χ1) is 12.2. The summed E-state index contributed by atoms with van der Waals surface area (Å²) in [6.07, 6.45) is 10.8. The summed E-state index contributed by atoms with van der Waals surface area (Å²) >= 11 is 0. The van der Waals surface area contributed by atoms with Crippen molar-refractivity contribution in [2.24, 2.45) is 5.92 Å². The van der Waals surface area contributed by atoms with Gasteiger partial charge in [-0.1, -0.05) is 39.5 Å². The van der Waals surface area contributed by atoms with Crippen LogP contribution in [0.25, 0.3) is 0 Å². The zero-order valence-electron chi connectivity index (χ0n) is 16.0. The van der Waals surface area contributed by atoms with Crippen LogP contribution in [0, 0.1) is 5.92 Å². The molecule has 140 valence electrons. The molecular weight excluding hydrogens is 312 g/mol. The molecule has 0 amide bonds. The van der Waals surface area contributed by atoms with Gasteiger partial charge in [-0.25, -0.2) is 4.68 Å². The van der Waals surface area contributed by atoms with Crippen LogP contribution < -0.4 is 0 Å². The molecule has 0 N–H and O–H groups in total. The number of rotatable bonds is 5. The van der Waals surface area contributed by atoms with E-state index in [0.717, 1.165) is 25.0 Å². The summed E-state index contributed by atoms with van der Waals surface area (Å²) in [4.78, 5) is 5.38. The van der Waals surface area contributed by atoms with E-state index in [-0.39, 0.29) is 0 Å². The van der Waals surface area contributed by atoms with Crippen LogP contribution in [0.15, 0.2) is 0 Å². The Labute approximate surface area is 151 Å². The smallest absolute Gasteiger partial charge is 0.168 e. The van der Waals surface area contributed by atoms with Gasteiger partial charge in [-0.05, 0) is 42.0 Å². The van der Waals surface area contributed by atoms with Gasteiger partial charge in [-0.2, -0.15) is 0 Å². The van der Waals surface area contributed by atoms with Gasteiger partial charge in [-0.3, -0.25) is 9.80 Å². The molecule has 2 aliphatic carbocycles. The van der Waals surface area contributed by atoms with E-state index in [9.17, 15) is 0 Å². The fourth-order valence-corrected chi connectivity index (χ4v) is 5.34. The monoisotopic (exact) mass is 346 g/mol. The maximum Gasteiger partial charge on any atom is 0.168 e. The van der Waals surface area contributed by atoms with Crippen LogP contribution in [-0.2, 0) is 0 Å². The predicted octanol–water partition coefficient (Wildman–Crippen LogP) is 3.05. The maximum absolute atomic E-state index is 4.50. The maximum atomic E-state index is 4.50. The van der Waals surface area contributed by atoms with Crippen LogP contribution in [0.1, 0.15) is 83.1 Å². The molecule has 3 aliphatic rings. The average molecular weight is 347 g/mol. The van der Waals surface area contributed by atoms with Gasteiger partial charge >= 0.3 is 0 Å². The largest absolute Gasteiger partial charge is 0.298 e. The molecule has 0 spiro atoms. The third-order valence-electron chi connectivity index (χ3n) is 6.67. The van der Waals surface area contributed by atoms with Crippen LogP contribution in [0.5, 0.6) is 0 Å². The highest BCUT2D eigenvalue weighted by atomic mass is 15.6. The first-order valence-electron chi connectivity index (χ1n) is 10.5. The summed E-state index contributed by atoms with van der Waals surface area (Å²) in [5.74, 6) is 1.64. The van der Waals surface area contributed by atoms with E-state index in [1.54, 1.807) is 0 Å². The fraction of sp³-hybridized carbons (Fsp3) is 0.947. The van der Waals surface area contributed by atoms with E-state index < -0.39 is 0 Å². The minimum atomic E-state index is 0.348. The van der Waals surface area contributed by atoms with Gasteiger partial charge in [0, 0.05) is 32.2 Å². The van der Waals surface area contributed by atoms with E-state index in [1.165, 1.54) is 64.5 Å². The molecule has 3 fully saturated rings. The zero-order chi connectivity index (χ0) is 17.2. The summed E-state index contributed by atoms with van der Waals surface area (Å²) in [5.41, 5.74) is 0. The van der Waals surface area contributed by atoms with Crippen molar-refractivity contribution in [2.75, 3.05) is 26.2 Å². The van der Waals surface area contributed by atoms with Gasteiger partial charge in [-0.15, -0.1) is 5.10 Å². The van der Waals surface area contributed by atoms with Gasteiger partial charge in [0.15, 0.2) is 5.82 Å². The van der Waals surface area contributed by atoms with Crippen molar-refractivity contribution < 1.29 is 0 Å². The molecule has 4 rings (SSSR count). The molecule has 25 heavy (non-hydrogen) atoms. The molecule has 1 aromatic rings. The van der Waals surface area contributed by atoms with Crippen molar-refractivity contribution in [1.29, 1.82) is 0 Å². The predicted molar refractivity (Wildman–Crippen MR) is 98.3 cm³/mol. The number of nitrogens with zero attached hydrogens (tertiary/aromatic N) is 6. The van der Waals surface area contributed by atoms with Crippen molar-refractivity contribution in [3.05, 3.63) is 5.82 Å². The molecule has 0 radical (unpaired) electrons. The van der Waals surface area contributed by atoms with E-state index in [2.05, 4.69) is 43.9 Å². The Morgan fingerprint density at radius 1 is 0.840 bits per heavy atom.